The lowest BCUT2D eigenvalue weighted by atomic mass is 10.1. The molecule has 98 valence electrons. The summed E-state index contributed by atoms with van der Waals surface area (Å²) in [5.74, 6) is -0.884. The van der Waals surface area contributed by atoms with Crippen molar-refractivity contribution in [1.29, 1.82) is 0 Å². The Labute approximate surface area is 101 Å². The lowest BCUT2D eigenvalue weighted by Gasteiger charge is -2.28. The van der Waals surface area contributed by atoms with Crippen molar-refractivity contribution in [3.8, 4) is 0 Å². The number of hydrogen-bond acceptors (Lipinski definition) is 4. The average molecular weight is 244 g/mol. The Bertz CT molecular complexity index is 311. The third-order valence-corrected chi connectivity index (χ3v) is 2.63. The third-order valence-electron chi connectivity index (χ3n) is 2.63. The van der Waals surface area contributed by atoms with Gasteiger partial charge in [0.25, 0.3) is 0 Å². The number of amides is 1. The molecule has 6 heteroatoms. The first-order valence-corrected chi connectivity index (χ1v) is 5.62. The molecule has 0 aromatic carbocycles. The lowest BCUT2D eigenvalue weighted by Crippen LogP contribution is -2.41. The van der Waals surface area contributed by atoms with Crippen molar-refractivity contribution >= 4 is 12.1 Å². The highest BCUT2D eigenvalue weighted by Crippen LogP contribution is 2.16. The highest BCUT2D eigenvalue weighted by atomic mass is 16.6. The molecule has 1 aliphatic heterocycles. The van der Waals surface area contributed by atoms with E-state index in [0.29, 0.717) is 13.0 Å². The molecule has 1 fully saturated rings. The van der Waals surface area contributed by atoms with Crippen molar-refractivity contribution in [2.45, 2.75) is 44.9 Å². The van der Waals surface area contributed by atoms with Crippen molar-refractivity contribution < 1.29 is 19.4 Å². The van der Waals surface area contributed by atoms with Crippen LogP contribution in [0.5, 0.6) is 0 Å². The molecule has 1 amide bonds. The van der Waals surface area contributed by atoms with Crippen LogP contribution >= 0.6 is 0 Å². The minimum absolute atomic E-state index is 0.133. The van der Waals surface area contributed by atoms with Gasteiger partial charge in [-0.2, -0.15) is 0 Å². The van der Waals surface area contributed by atoms with Gasteiger partial charge in [0, 0.05) is 19.6 Å². The number of carbonyl (C=O) groups excluding carboxylic acids is 1. The first-order chi connectivity index (χ1) is 7.70. The van der Waals surface area contributed by atoms with E-state index in [2.05, 4.69) is 5.32 Å². The molecule has 0 bridgehead atoms. The number of nitrogens with one attached hydrogen (secondary N) is 1. The molecule has 2 atom stereocenters. The summed E-state index contributed by atoms with van der Waals surface area (Å²) in [4.78, 5) is 24.0. The van der Waals surface area contributed by atoms with Crippen molar-refractivity contribution in [3.63, 3.8) is 0 Å². The summed E-state index contributed by atoms with van der Waals surface area (Å²) >= 11 is 0. The van der Waals surface area contributed by atoms with Crippen LogP contribution in [0.15, 0.2) is 0 Å². The van der Waals surface area contributed by atoms with Crippen molar-refractivity contribution in [2.24, 2.45) is 0 Å². The van der Waals surface area contributed by atoms with Crippen LogP contribution < -0.4 is 5.32 Å². The fraction of sp³-hybridized carbons (Fsp3) is 0.818. The summed E-state index contributed by atoms with van der Waals surface area (Å²) < 4.78 is 5.22. The van der Waals surface area contributed by atoms with Gasteiger partial charge >= 0.3 is 12.1 Å². The maximum absolute atomic E-state index is 11.8. The highest BCUT2D eigenvalue weighted by molar-refractivity contribution is 5.74. The normalized spacial score (nSPS) is 24.5. The largest absolute Gasteiger partial charge is 0.480 e. The van der Waals surface area contributed by atoms with Gasteiger partial charge < -0.3 is 20.1 Å². The molecule has 2 N–H and O–H groups in total. The zero-order valence-electron chi connectivity index (χ0n) is 10.7. The molecule has 0 aromatic rings. The van der Waals surface area contributed by atoms with Gasteiger partial charge in [-0.25, -0.2) is 4.79 Å². The fourth-order valence-electron chi connectivity index (χ4n) is 1.68. The lowest BCUT2D eigenvalue weighted by molar-refractivity contribution is -0.139. The molecule has 1 saturated heterocycles. The summed E-state index contributed by atoms with van der Waals surface area (Å²) in [6.45, 7) is 5.87. The standard InChI is InChI=1S/C11H20N2O4/c1-11(2,3)17-10(16)13(4)7-5-8(9(14)15)12-6-7/h7-8,12H,5-6H2,1-4H3,(H,14,15)/t7-,8-/m1/s1. The first-order valence-electron chi connectivity index (χ1n) is 5.62. The summed E-state index contributed by atoms with van der Waals surface area (Å²) in [7, 11) is 1.63. The van der Waals surface area contributed by atoms with E-state index < -0.39 is 23.7 Å². The summed E-state index contributed by atoms with van der Waals surface area (Å²) in [6, 6.07) is -0.712. The van der Waals surface area contributed by atoms with Crippen molar-refractivity contribution in [1.82, 2.24) is 10.2 Å². The van der Waals surface area contributed by atoms with Gasteiger partial charge in [0.1, 0.15) is 11.6 Å². The Morgan fingerprint density at radius 2 is 2.00 bits per heavy atom. The molecule has 0 aliphatic carbocycles. The smallest absolute Gasteiger partial charge is 0.410 e. The topological polar surface area (TPSA) is 78.9 Å². The maximum Gasteiger partial charge on any atom is 0.410 e. The number of rotatable bonds is 2. The zero-order valence-corrected chi connectivity index (χ0v) is 10.7. The second kappa shape index (κ2) is 4.91. The van der Waals surface area contributed by atoms with E-state index in [1.807, 2.05) is 0 Å². The van der Waals surface area contributed by atoms with Crippen LogP contribution in [-0.2, 0) is 9.53 Å². The summed E-state index contributed by atoms with van der Waals surface area (Å²) in [6.07, 6.45) is -0.0132. The van der Waals surface area contributed by atoms with Crippen LogP contribution in [0.1, 0.15) is 27.2 Å². The minimum atomic E-state index is -0.884. The zero-order chi connectivity index (χ0) is 13.2. The van der Waals surface area contributed by atoms with Gasteiger partial charge in [-0.1, -0.05) is 0 Å². The van der Waals surface area contributed by atoms with E-state index in [0.717, 1.165) is 0 Å². The van der Waals surface area contributed by atoms with Gasteiger partial charge in [0.05, 0.1) is 0 Å². The number of aliphatic carboxylic acids is 1. The van der Waals surface area contributed by atoms with Crippen LogP contribution in [0.25, 0.3) is 0 Å². The molecule has 0 aromatic heterocycles. The van der Waals surface area contributed by atoms with Crippen LogP contribution in [0, 0.1) is 0 Å². The molecule has 6 nitrogen and oxygen atoms in total. The second-order valence-corrected chi connectivity index (χ2v) is 5.28. The Balaban J connectivity index is 2.52. The van der Waals surface area contributed by atoms with E-state index in [9.17, 15) is 9.59 Å². The first kappa shape index (κ1) is 13.8. The third kappa shape index (κ3) is 3.89. The number of hydrogen-bond donors (Lipinski definition) is 2. The molecule has 1 rings (SSSR count). The SMILES string of the molecule is CN(C(=O)OC(C)(C)C)[C@H]1CN[C@@H](C(=O)O)C1. The predicted molar refractivity (Wildman–Crippen MR) is 61.8 cm³/mol. The van der Waals surface area contributed by atoms with Crippen LogP contribution in [-0.4, -0.2) is 53.3 Å². The highest BCUT2D eigenvalue weighted by Gasteiger charge is 2.34. The molecule has 1 aliphatic rings. The van der Waals surface area contributed by atoms with Crippen molar-refractivity contribution in [3.05, 3.63) is 0 Å². The second-order valence-electron chi connectivity index (χ2n) is 5.28. The van der Waals surface area contributed by atoms with Crippen LogP contribution in [0.4, 0.5) is 4.79 Å². The van der Waals surface area contributed by atoms with Crippen LogP contribution in [0.3, 0.4) is 0 Å². The summed E-state index contributed by atoms with van der Waals surface area (Å²) in [5.41, 5.74) is -0.538. The maximum atomic E-state index is 11.8. The predicted octanol–water partition coefficient (Wildman–Crippen LogP) is 0.668. The van der Waals surface area contributed by atoms with Gasteiger partial charge in [0.2, 0.25) is 0 Å². The van der Waals surface area contributed by atoms with E-state index in [4.69, 9.17) is 9.84 Å². The van der Waals surface area contributed by atoms with Gasteiger partial charge in [0.15, 0.2) is 0 Å². The number of ether oxygens (including phenoxy) is 1. The Morgan fingerprint density at radius 1 is 1.41 bits per heavy atom. The molecule has 1 heterocycles. The van der Waals surface area contributed by atoms with Gasteiger partial charge in [-0.05, 0) is 27.2 Å². The Kier molecular flexibility index (Phi) is 3.98. The number of carboxylic acid groups (broad SMARTS) is 1. The monoisotopic (exact) mass is 244 g/mol. The van der Waals surface area contributed by atoms with Crippen LogP contribution in [0.2, 0.25) is 0 Å². The summed E-state index contributed by atoms with van der Waals surface area (Å²) in [5, 5.41) is 11.7. The number of likely N-dealkylation sites (N-methyl/N-ethyl adjacent to an activating group) is 1. The Hall–Kier alpha value is -1.30. The average Bonchev–Trinajstić information content (AvgIpc) is 2.62. The van der Waals surface area contributed by atoms with E-state index in [-0.39, 0.29) is 6.04 Å². The minimum Gasteiger partial charge on any atom is -0.480 e. The van der Waals surface area contributed by atoms with E-state index >= 15 is 0 Å². The molecular weight excluding hydrogens is 224 g/mol. The molecule has 0 radical (unpaired) electrons. The fourth-order valence-corrected chi connectivity index (χ4v) is 1.68. The van der Waals surface area contributed by atoms with E-state index in [1.54, 1.807) is 27.8 Å². The Morgan fingerprint density at radius 3 is 2.41 bits per heavy atom. The molecule has 0 unspecified atom stereocenters. The van der Waals surface area contributed by atoms with E-state index in [1.165, 1.54) is 4.90 Å². The van der Waals surface area contributed by atoms with Gasteiger partial charge in [-0.15, -0.1) is 0 Å². The number of carbonyl (C=O) groups is 2. The number of nitrogens with zero attached hydrogens (tertiary/aromatic N) is 1. The quantitative estimate of drug-likeness (QED) is 0.746. The molecular formula is C11H20N2O4. The van der Waals surface area contributed by atoms with Gasteiger partial charge in [-0.3, -0.25) is 4.79 Å². The molecule has 0 saturated carbocycles. The number of carboxylic acids is 1. The molecule has 17 heavy (non-hydrogen) atoms. The molecule has 0 spiro atoms. The van der Waals surface area contributed by atoms with Crippen molar-refractivity contribution in [2.75, 3.05) is 13.6 Å².